The van der Waals surface area contributed by atoms with Crippen LogP contribution in [0.2, 0.25) is 6.55 Å². The Morgan fingerprint density at radius 2 is 1.00 bits per heavy atom. The molecule has 3 heterocycles. The number of hydrogen-bond acceptors (Lipinski definition) is 6. The minimum Gasteiger partial charge on any atom is -0.377 e. The van der Waals surface area contributed by atoms with Crippen LogP contribution in [-0.2, 0) is 27.5 Å². The Balaban J connectivity index is 1.38. The third kappa shape index (κ3) is 3.36. The first-order valence-electron chi connectivity index (χ1n) is 11.8. The van der Waals surface area contributed by atoms with Crippen LogP contribution < -0.4 is 0 Å². The van der Waals surface area contributed by atoms with Gasteiger partial charge in [0.05, 0.1) is 42.2 Å². The number of ether oxygens (including phenoxy) is 3. The van der Waals surface area contributed by atoms with Gasteiger partial charge in [-0.15, -0.1) is 0 Å². The highest BCUT2D eigenvalue weighted by atomic mass is 28.4. The predicted molar refractivity (Wildman–Crippen MR) is 107 cm³/mol. The van der Waals surface area contributed by atoms with Crippen molar-refractivity contribution >= 4 is 8.80 Å². The quantitative estimate of drug-likeness (QED) is 0.461. The maximum Gasteiger partial charge on any atom is 0.497 e. The van der Waals surface area contributed by atoms with E-state index >= 15 is 0 Å². The van der Waals surface area contributed by atoms with E-state index in [1.165, 1.54) is 38.5 Å². The van der Waals surface area contributed by atoms with Gasteiger partial charge < -0.3 is 27.5 Å². The summed E-state index contributed by atoms with van der Waals surface area (Å²) >= 11 is 0. The summed E-state index contributed by atoms with van der Waals surface area (Å²) in [7, 11) is 0.774. The van der Waals surface area contributed by atoms with Crippen LogP contribution in [0.25, 0.3) is 0 Å². The molecule has 6 aliphatic rings. The molecule has 3 aliphatic heterocycles. The van der Waals surface area contributed by atoms with Crippen LogP contribution in [0.1, 0.15) is 57.8 Å². The zero-order chi connectivity index (χ0) is 19.8. The normalized spacial score (nSPS) is 50.0. The Kier molecular flexibility index (Phi) is 4.73. The van der Waals surface area contributed by atoms with Gasteiger partial charge in [0.15, 0.2) is 0 Å². The van der Waals surface area contributed by atoms with Gasteiger partial charge in [0.25, 0.3) is 0 Å². The lowest BCUT2D eigenvalue weighted by Gasteiger charge is -2.55. The highest BCUT2D eigenvalue weighted by Gasteiger charge is 2.64. The van der Waals surface area contributed by atoms with Crippen LogP contribution in [0.15, 0.2) is 0 Å². The Morgan fingerprint density at radius 3 is 1.31 bits per heavy atom. The van der Waals surface area contributed by atoms with E-state index in [2.05, 4.69) is 6.55 Å². The molecule has 0 N–H and O–H groups in total. The van der Waals surface area contributed by atoms with Crippen molar-refractivity contribution in [2.24, 2.45) is 17.8 Å². The maximum absolute atomic E-state index is 7.27. The highest BCUT2D eigenvalue weighted by molar-refractivity contribution is 6.59. The van der Waals surface area contributed by atoms with Crippen LogP contribution in [0, 0.1) is 17.8 Å². The molecule has 0 aromatic heterocycles. The van der Waals surface area contributed by atoms with E-state index < -0.39 is 8.80 Å². The van der Waals surface area contributed by atoms with E-state index in [-0.39, 0.29) is 5.60 Å². The van der Waals surface area contributed by atoms with Crippen LogP contribution in [-0.4, -0.2) is 65.2 Å². The third-order valence-corrected chi connectivity index (χ3v) is 11.2. The molecule has 164 valence electrons. The monoisotopic (exact) mass is 424 g/mol. The van der Waals surface area contributed by atoms with Gasteiger partial charge in [-0.1, -0.05) is 0 Å². The fourth-order valence-electron chi connectivity index (χ4n) is 7.18. The van der Waals surface area contributed by atoms with Gasteiger partial charge in [-0.25, -0.2) is 0 Å². The van der Waals surface area contributed by atoms with E-state index in [1.807, 2.05) is 0 Å². The van der Waals surface area contributed by atoms with E-state index in [1.54, 1.807) is 14.2 Å². The minimum atomic E-state index is -2.73. The molecule has 29 heavy (non-hydrogen) atoms. The Bertz CT molecular complexity index is 571. The molecular weight excluding hydrogens is 388 g/mol. The summed E-state index contributed by atoms with van der Waals surface area (Å²) in [4.78, 5) is 0. The number of epoxide rings is 3. The molecule has 6 rings (SSSR count). The average molecular weight is 425 g/mol. The third-order valence-electron chi connectivity index (χ3n) is 9.03. The van der Waals surface area contributed by atoms with Gasteiger partial charge in [0, 0.05) is 20.8 Å². The summed E-state index contributed by atoms with van der Waals surface area (Å²) in [6, 6.07) is 0. The zero-order valence-corrected chi connectivity index (χ0v) is 19.0. The number of rotatable bonds is 7. The molecule has 9 atom stereocenters. The maximum atomic E-state index is 7.27. The fourth-order valence-corrected chi connectivity index (χ4v) is 8.66. The molecule has 0 amide bonds. The van der Waals surface area contributed by atoms with Gasteiger partial charge >= 0.3 is 8.80 Å². The summed E-state index contributed by atoms with van der Waals surface area (Å²) in [5.41, 5.74) is -0.211. The van der Waals surface area contributed by atoms with Crippen molar-refractivity contribution in [3.8, 4) is 0 Å². The van der Waals surface area contributed by atoms with Crippen molar-refractivity contribution in [2.45, 2.75) is 107 Å². The van der Waals surface area contributed by atoms with Gasteiger partial charge in [-0.3, -0.25) is 0 Å². The summed E-state index contributed by atoms with van der Waals surface area (Å²) in [6.45, 7) is 2.07. The molecule has 0 bridgehead atoms. The lowest BCUT2D eigenvalue weighted by atomic mass is 9.58. The van der Waals surface area contributed by atoms with E-state index in [4.69, 9.17) is 27.5 Å². The molecular formula is C22H36O6Si. The second kappa shape index (κ2) is 6.99. The predicted octanol–water partition coefficient (Wildman–Crippen LogP) is 3.31. The molecule has 0 aromatic carbocycles. The van der Waals surface area contributed by atoms with Crippen molar-refractivity contribution in [3.63, 3.8) is 0 Å². The van der Waals surface area contributed by atoms with Crippen molar-refractivity contribution in [3.05, 3.63) is 0 Å². The molecule has 0 spiro atoms. The van der Waals surface area contributed by atoms with Gasteiger partial charge in [0.2, 0.25) is 0 Å². The van der Waals surface area contributed by atoms with Crippen molar-refractivity contribution in [2.75, 3.05) is 14.2 Å². The largest absolute Gasteiger partial charge is 0.497 e. The second-order valence-electron chi connectivity index (χ2n) is 10.4. The van der Waals surface area contributed by atoms with E-state index in [9.17, 15) is 0 Å². The fraction of sp³-hybridized carbons (Fsp3) is 1.00. The molecule has 7 heteroatoms. The summed E-state index contributed by atoms with van der Waals surface area (Å²) < 4.78 is 37.0. The van der Waals surface area contributed by atoms with Crippen LogP contribution in [0.4, 0.5) is 0 Å². The topological polar surface area (TPSA) is 65.3 Å². The van der Waals surface area contributed by atoms with Crippen LogP contribution in [0.5, 0.6) is 0 Å². The Labute approximate surface area is 175 Å². The lowest BCUT2D eigenvalue weighted by molar-refractivity contribution is -0.149. The van der Waals surface area contributed by atoms with Crippen molar-refractivity contribution in [1.82, 2.24) is 0 Å². The van der Waals surface area contributed by atoms with E-state index in [0.717, 1.165) is 19.3 Å². The molecule has 0 aromatic rings. The first-order chi connectivity index (χ1) is 14.0. The second-order valence-corrected chi connectivity index (χ2v) is 13.1. The minimum absolute atomic E-state index is 0.211. The Morgan fingerprint density at radius 1 is 0.621 bits per heavy atom. The lowest BCUT2D eigenvalue weighted by Crippen LogP contribution is -2.62. The van der Waals surface area contributed by atoms with E-state index in [0.29, 0.717) is 54.4 Å². The molecule has 9 unspecified atom stereocenters. The molecule has 6 nitrogen and oxygen atoms in total. The molecule has 3 aliphatic carbocycles. The van der Waals surface area contributed by atoms with Crippen molar-refractivity contribution < 1.29 is 27.5 Å². The first-order valence-corrected chi connectivity index (χ1v) is 14.0. The van der Waals surface area contributed by atoms with Crippen LogP contribution >= 0.6 is 0 Å². The van der Waals surface area contributed by atoms with Crippen LogP contribution in [0.3, 0.4) is 0 Å². The molecule has 0 radical (unpaired) electrons. The number of fused-ring (bicyclic) bond motifs is 3. The molecule has 3 saturated heterocycles. The standard InChI is InChI=1S/C22H36O6Si/c1-23-29(3,24-2)28-22(13-4-7-16-19(10-13)25-16,14-5-8-17-20(11-14)26-17)15-6-9-18-21(12-15)27-18/h13-21H,4-12H2,1-3H3. The van der Waals surface area contributed by atoms with Gasteiger partial charge in [-0.05, 0) is 75.5 Å². The SMILES string of the molecule is CO[Si](C)(OC)OC(C1CCC2OC2C1)(C1CCC2OC2C1)C1CCC2OC2C1. The number of hydrogen-bond donors (Lipinski definition) is 0. The Hall–Kier alpha value is -0.0231. The van der Waals surface area contributed by atoms with Gasteiger partial charge in [-0.2, -0.15) is 0 Å². The molecule has 6 fully saturated rings. The average Bonchev–Trinajstić information content (AvgIpc) is 3.62. The highest BCUT2D eigenvalue weighted by Crippen LogP contribution is 2.59. The summed E-state index contributed by atoms with van der Waals surface area (Å²) in [6.07, 6.45) is 13.3. The first kappa shape index (κ1) is 19.6. The molecule has 3 saturated carbocycles. The smallest absolute Gasteiger partial charge is 0.377 e. The zero-order valence-electron chi connectivity index (χ0n) is 18.0. The van der Waals surface area contributed by atoms with Gasteiger partial charge in [0.1, 0.15) is 0 Å². The summed E-state index contributed by atoms with van der Waals surface area (Å²) in [5.74, 6) is 1.51. The van der Waals surface area contributed by atoms with Crippen molar-refractivity contribution in [1.29, 1.82) is 0 Å². The summed E-state index contributed by atoms with van der Waals surface area (Å²) in [5, 5.41) is 0.